The van der Waals surface area contributed by atoms with E-state index >= 15 is 0 Å². The third kappa shape index (κ3) is 4.54. The average molecular weight is 407 g/mol. The second kappa shape index (κ2) is 9.13. The van der Waals surface area contributed by atoms with E-state index in [1.165, 1.54) is 31.1 Å². The van der Waals surface area contributed by atoms with Gasteiger partial charge in [0.1, 0.15) is 5.76 Å². The molecule has 1 fully saturated rings. The van der Waals surface area contributed by atoms with Crippen molar-refractivity contribution in [1.29, 1.82) is 0 Å². The van der Waals surface area contributed by atoms with Crippen LogP contribution in [0, 0.1) is 0 Å². The van der Waals surface area contributed by atoms with Gasteiger partial charge < -0.3 is 19.1 Å². The van der Waals surface area contributed by atoms with E-state index < -0.39 is 0 Å². The van der Waals surface area contributed by atoms with Crippen LogP contribution >= 0.6 is 0 Å². The number of piperidine rings is 1. The molecule has 3 heterocycles. The summed E-state index contributed by atoms with van der Waals surface area (Å²) in [6, 6.07) is 14.6. The lowest BCUT2D eigenvalue weighted by molar-refractivity contribution is -0.936. The van der Waals surface area contributed by atoms with Gasteiger partial charge in [-0.1, -0.05) is 24.3 Å². The zero-order chi connectivity index (χ0) is 20.9. The van der Waals surface area contributed by atoms with Gasteiger partial charge in [0.2, 0.25) is 0 Å². The number of carbonyl (C=O) groups is 2. The summed E-state index contributed by atoms with van der Waals surface area (Å²) in [4.78, 5) is 25.6. The monoisotopic (exact) mass is 407 g/mol. The molecule has 1 aliphatic heterocycles. The third-order valence-electron chi connectivity index (χ3n) is 5.75. The van der Waals surface area contributed by atoms with E-state index in [-0.39, 0.29) is 23.5 Å². The SMILES string of the molecule is CC(=O)c1ccc(-c2ccc(C(=O)NC[C@H](c3ccco3)[NH+]3CCCCC3)o2)cc1. The molecule has 0 aliphatic carbocycles. The van der Waals surface area contributed by atoms with E-state index in [2.05, 4.69) is 5.32 Å². The first kappa shape index (κ1) is 20.2. The fourth-order valence-electron chi connectivity index (χ4n) is 4.06. The number of hydrogen-bond acceptors (Lipinski definition) is 4. The molecule has 3 aromatic rings. The first-order valence-corrected chi connectivity index (χ1v) is 10.5. The molecule has 1 aromatic carbocycles. The molecule has 2 N–H and O–H groups in total. The molecule has 6 nitrogen and oxygen atoms in total. The van der Waals surface area contributed by atoms with Crippen LogP contribution in [0.4, 0.5) is 0 Å². The number of hydrogen-bond donors (Lipinski definition) is 2. The van der Waals surface area contributed by atoms with Gasteiger partial charge in [-0.05, 0) is 50.5 Å². The van der Waals surface area contributed by atoms with E-state index in [1.54, 1.807) is 30.5 Å². The van der Waals surface area contributed by atoms with Crippen molar-refractivity contribution in [2.45, 2.75) is 32.2 Å². The number of nitrogens with one attached hydrogen (secondary N) is 2. The molecule has 0 saturated carbocycles. The van der Waals surface area contributed by atoms with E-state index in [4.69, 9.17) is 8.83 Å². The van der Waals surface area contributed by atoms with Gasteiger partial charge in [0.05, 0.1) is 25.9 Å². The quantitative estimate of drug-likeness (QED) is 0.590. The lowest BCUT2D eigenvalue weighted by Gasteiger charge is -2.30. The normalized spacial score (nSPS) is 15.6. The van der Waals surface area contributed by atoms with Crippen LogP contribution < -0.4 is 10.2 Å². The first-order chi connectivity index (χ1) is 14.6. The highest BCUT2D eigenvalue weighted by Gasteiger charge is 2.29. The fourth-order valence-corrected chi connectivity index (χ4v) is 4.06. The van der Waals surface area contributed by atoms with Gasteiger partial charge in [0, 0.05) is 11.1 Å². The Balaban J connectivity index is 1.42. The van der Waals surface area contributed by atoms with Crippen LogP contribution in [0.1, 0.15) is 58.9 Å². The van der Waals surface area contributed by atoms with E-state index in [0.717, 1.165) is 24.4 Å². The van der Waals surface area contributed by atoms with Crippen LogP contribution in [0.5, 0.6) is 0 Å². The molecule has 1 aliphatic rings. The van der Waals surface area contributed by atoms with Gasteiger partial charge in [-0.15, -0.1) is 0 Å². The second-order valence-electron chi connectivity index (χ2n) is 7.79. The zero-order valence-corrected chi connectivity index (χ0v) is 17.1. The van der Waals surface area contributed by atoms with Gasteiger partial charge in [0.15, 0.2) is 23.3 Å². The van der Waals surface area contributed by atoms with E-state index in [1.807, 2.05) is 24.3 Å². The number of quaternary nitrogens is 1. The molecule has 1 saturated heterocycles. The molecular weight excluding hydrogens is 380 g/mol. The Bertz CT molecular complexity index is 983. The van der Waals surface area contributed by atoms with Gasteiger partial charge >= 0.3 is 0 Å². The molecule has 1 atom stereocenters. The summed E-state index contributed by atoms with van der Waals surface area (Å²) >= 11 is 0. The van der Waals surface area contributed by atoms with Gasteiger partial charge in [-0.2, -0.15) is 0 Å². The van der Waals surface area contributed by atoms with Crippen LogP contribution in [0.2, 0.25) is 0 Å². The Labute approximate surface area is 175 Å². The highest BCUT2D eigenvalue weighted by molar-refractivity contribution is 5.94. The molecule has 0 unspecified atom stereocenters. The zero-order valence-electron chi connectivity index (χ0n) is 17.1. The Morgan fingerprint density at radius 2 is 1.80 bits per heavy atom. The van der Waals surface area contributed by atoms with Crippen LogP contribution in [0.15, 0.2) is 63.6 Å². The summed E-state index contributed by atoms with van der Waals surface area (Å²) in [7, 11) is 0. The lowest BCUT2D eigenvalue weighted by atomic mass is 10.1. The van der Waals surface area contributed by atoms with Crippen molar-refractivity contribution in [3.63, 3.8) is 0 Å². The summed E-state index contributed by atoms with van der Waals surface area (Å²) in [5.41, 5.74) is 1.47. The maximum atomic E-state index is 12.7. The van der Waals surface area contributed by atoms with Crippen LogP contribution in [-0.4, -0.2) is 31.3 Å². The number of benzene rings is 1. The molecule has 0 bridgehead atoms. The van der Waals surface area contributed by atoms with Crippen LogP contribution in [-0.2, 0) is 0 Å². The van der Waals surface area contributed by atoms with Gasteiger partial charge in [0.25, 0.3) is 5.91 Å². The number of ketones is 1. The number of Topliss-reactive ketones (excluding diaryl/α,β-unsaturated/α-hetero) is 1. The number of furan rings is 2. The predicted molar refractivity (Wildman–Crippen MR) is 112 cm³/mol. The molecule has 30 heavy (non-hydrogen) atoms. The lowest BCUT2D eigenvalue weighted by Crippen LogP contribution is -3.13. The number of rotatable bonds is 7. The third-order valence-corrected chi connectivity index (χ3v) is 5.75. The molecule has 0 radical (unpaired) electrons. The molecular formula is C24H27N2O4+. The molecule has 2 aromatic heterocycles. The van der Waals surface area contributed by atoms with Gasteiger partial charge in [-0.3, -0.25) is 9.59 Å². The molecule has 0 spiro atoms. The Kier molecular flexibility index (Phi) is 6.14. The standard InChI is InChI=1S/C24H26N2O4/c1-17(27)18-7-9-19(10-8-18)21-11-12-23(30-21)24(28)25-16-20(22-6-5-15-29-22)26-13-3-2-4-14-26/h5-12,15,20H,2-4,13-14,16H2,1H3,(H,25,28)/p+1/t20-/m1/s1. The topological polar surface area (TPSA) is 76.9 Å². The Morgan fingerprint density at radius 3 is 2.47 bits per heavy atom. The van der Waals surface area contributed by atoms with E-state index in [9.17, 15) is 9.59 Å². The van der Waals surface area contributed by atoms with Crippen molar-refractivity contribution in [3.05, 3.63) is 71.9 Å². The highest BCUT2D eigenvalue weighted by atomic mass is 16.4. The van der Waals surface area contributed by atoms with Crippen molar-refractivity contribution in [1.82, 2.24) is 5.32 Å². The summed E-state index contributed by atoms with van der Waals surface area (Å²) in [5, 5.41) is 3.02. The Morgan fingerprint density at radius 1 is 1.03 bits per heavy atom. The van der Waals surface area contributed by atoms with E-state index in [0.29, 0.717) is 17.9 Å². The number of carbonyl (C=O) groups excluding carboxylic acids is 2. The van der Waals surface area contributed by atoms with Crippen molar-refractivity contribution in [3.8, 4) is 11.3 Å². The van der Waals surface area contributed by atoms with Crippen molar-refractivity contribution >= 4 is 11.7 Å². The summed E-state index contributed by atoms with van der Waals surface area (Å²) in [6.07, 6.45) is 5.35. The maximum Gasteiger partial charge on any atom is 0.287 e. The Hall–Kier alpha value is -3.12. The smallest absolute Gasteiger partial charge is 0.287 e. The van der Waals surface area contributed by atoms with Gasteiger partial charge in [-0.25, -0.2) is 0 Å². The average Bonchev–Trinajstić information content (AvgIpc) is 3.47. The first-order valence-electron chi connectivity index (χ1n) is 10.5. The predicted octanol–water partition coefficient (Wildman–Crippen LogP) is 3.28. The number of likely N-dealkylation sites (tertiary alicyclic amines) is 1. The molecule has 4 rings (SSSR count). The highest BCUT2D eigenvalue weighted by Crippen LogP contribution is 2.23. The summed E-state index contributed by atoms with van der Waals surface area (Å²) in [5.74, 6) is 1.54. The minimum Gasteiger partial charge on any atom is -0.463 e. The number of amides is 1. The minimum absolute atomic E-state index is 0.0167. The summed E-state index contributed by atoms with van der Waals surface area (Å²) < 4.78 is 11.4. The minimum atomic E-state index is -0.241. The van der Waals surface area contributed by atoms with Crippen molar-refractivity contribution < 1.29 is 23.3 Å². The largest absolute Gasteiger partial charge is 0.463 e. The molecule has 1 amide bonds. The maximum absolute atomic E-state index is 12.7. The molecule has 6 heteroatoms. The summed E-state index contributed by atoms with van der Waals surface area (Å²) in [6.45, 7) is 4.20. The van der Waals surface area contributed by atoms with Crippen molar-refractivity contribution in [2.24, 2.45) is 0 Å². The van der Waals surface area contributed by atoms with Crippen LogP contribution in [0.3, 0.4) is 0 Å². The van der Waals surface area contributed by atoms with Crippen molar-refractivity contribution in [2.75, 3.05) is 19.6 Å². The second-order valence-corrected chi connectivity index (χ2v) is 7.79. The van der Waals surface area contributed by atoms with Crippen LogP contribution in [0.25, 0.3) is 11.3 Å². The fraction of sp³-hybridized carbons (Fsp3) is 0.333. The molecule has 156 valence electrons.